The van der Waals surface area contributed by atoms with Gasteiger partial charge in [-0.1, -0.05) is 16.4 Å². The van der Waals surface area contributed by atoms with Crippen molar-refractivity contribution in [3.05, 3.63) is 47.6 Å². The van der Waals surface area contributed by atoms with Gasteiger partial charge in [0.25, 0.3) is 0 Å². The second-order valence-electron chi connectivity index (χ2n) is 7.96. The number of carbonyl (C=O) groups excluding carboxylic acids is 1. The van der Waals surface area contributed by atoms with Crippen molar-refractivity contribution in [1.82, 2.24) is 19.5 Å². The van der Waals surface area contributed by atoms with E-state index in [1.165, 1.54) is 6.20 Å². The topological polar surface area (TPSA) is 72.7 Å². The number of aromatic nitrogens is 4. The van der Waals surface area contributed by atoms with E-state index >= 15 is 0 Å². The van der Waals surface area contributed by atoms with E-state index < -0.39 is 5.91 Å². The molecule has 35 heavy (non-hydrogen) atoms. The van der Waals surface area contributed by atoms with Gasteiger partial charge in [0.1, 0.15) is 66.6 Å². The number of hydrogen-bond acceptors (Lipinski definition) is 4. The van der Waals surface area contributed by atoms with Gasteiger partial charge in [0.2, 0.25) is 5.91 Å². The zero-order valence-electron chi connectivity index (χ0n) is 19.1. The summed E-state index contributed by atoms with van der Waals surface area (Å²) in [4.78, 5) is 25.8. The van der Waals surface area contributed by atoms with E-state index in [1.54, 1.807) is 18.5 Å². The molecular weight excluding hydrogens is 426 g/mol. The number of nitrogens with one attached hydrogen (secondary N) is 1. The molecule has 3 heterocycles. The van der Waals surface area contributed by atoms with Crippen LogP contribution in [0.25, 0.3) is 27.6 Å². The van der Waals surface area contributed by atoms with E-state index in [0.717, 1.165) is 22.5 Å². The fraction of sp³-hybridized carbons (Fsp3) is 0.0909. The highest BCUT2D eigenvalue weighted by Crippen LogP contribution is 2.24. The summed E-state index contributed by atoms with van der Waals surface area (Å²) in [6.07, 6.45) is 5.03. The third-order valence-electron chi connectivity index (χ3n) is 5.83. The van der Waals surface area contributed by atoms with Crippen molar-refractivity contribution in [3.63, 3.8) is 0 Å². The molecule has 1 amide bonds. The molecule has 6 nitrogen and oxygen atoms in total. The van der Waals surface area contributed by atoms with Gasteiger partial charge >= 0.3 is 0 Å². The number of fused-ring (bicyclic) bond motifs is 1. The van der Waals surface area contributed by atoms with Gasteiger partial charge in [-0.25, -0.2) is 9.97 Å². The molecule has 0 bridgehead atoms. The van der Waals surface area contributed by atoms with Gasteiger partial charge in [-0.15, -0.1) is 16.4 Å². The van der Waals surface area contributed by atoms with Crippen LogP contribution in [0.5, 0.6) is 0 Å². The fourth-order valence-electron chi connectivity index (χ4n) is 3.59. The van der Waals surface area contributed by atoms with Crippen LogP contribution in [0.2, 0.25) is 0 Å². The number of imidazole rings is 1. The van der Waals surface area contributed by atoms with Crippen LogP contribution in [0.3, 0.4) is 0 Å². The van der Waals surface area contributed by atoms with Gasteiger partial charge in [-0.2, -0.15) is 0 Å². The Kier molecular flexibility index (Phi) is 6.63. The SMILES string of the molecule is [B]/C(C(=O)Nc1cc2cc(-c3cnc(C)n3C)cnc2cn1)=C(/[B])c1c([B])c([B])c([B])c([B])c1[B]. The minimum Gasteiger partial charge on any atom is -0.331 e. The van der Waals surface area contributed by atoms with E-state index in [2.05, 4.69) is 20.3 Å². The molecular formula is C22H12B7N5O. The maximum atomic E-state index is 12.8. The Morgan fingerprint density at radius 1 is 0.857 bits per heavy atom. The van der Waals surface area contributed by atoms with E-state index in [4.69, 9.17) is 54.9 Å². The van der Waals surface area contributed by atoms with Crippen LogP contribution in [0.1, 0.15) is 11.4 Å². The van der Waals surface area contributed by atoms with Crippen LogP contribution in [-0.4, -0.2) is 80.4 Å². The highest BCUT2D eigenvalue weighted by molar-refractivity contribution is 6.70. The van der Waals surface area contributed by atoms with Crippen LogP contribution in [0.4, 0.5) is 5.82 Å². The number of pyridine rings is 2. The van der Waals surface area contributed by atoms with Crippen LogP contribution in [-0.2, 0) is 11.8 Å². The first-order valence-corrected chi connectivity index (χ1v) is 10.3. The second-order valence-corrected chi connectivity index (χ2v) is 7.96. The molecule has 0 saturated heterocycles. The lowest BCUT2D eigenvalue weighted by molar-refractivity contribution is -0.112. The normalized spacial score (nSPS) is 11.9. The molecule has 1 aromatic carbocycles. The summed E-state index contributed by atoms with van der Waals surface area (Å²) in [5.41, 5.74) is 1.82. The zero-order valence-corrected chi connectivity index (χ0v) is 19.1. The monoisotopic (exact) mass is 439 g/mol. The number of amides is 1. The molecule has 0 aliphatic heterocycles. The molecule has 0 unspecified atom stereocenters. The maximum Gasteiger partial charge on any atom is 0.241 e. The molecule has 3 aromatic heterocycles. The van der Waals surface area contributed by atoms with Crippen molar-refractivity contribution >= 4 is 110 Å². The number of anilines is 1. The third kappa shape index (κ3) is 4.40. The van der Waals surface area contributed by atoms with Crippen LogP contribution in [0, 0.1) is 6.92 Å². The van der Waals surface area contributed by atoms with Crippen LogP contribution < -0.4 is 32.6 Å². The lowest BCUT2D eigenvalue weighted by atomic mass is 9.57. The van der Waals surface area contributed by atoms with Gasteiger partial charge in [0.05, 0.1) is 23.6 Å². The lowest BCUT2D eigenvalue weighted by Gasteiger charge is -2.23. The summed E-state index contributed by atoms with van der Waals surface area (Å²) in [6, 6.07) is 3.59. The summed E-state index contributed by atoms with van der Waals surface area (Å²) < 4.78 is 1.95. The smallest absolute Gasteiger partial charge is 0.241 e. The number of hydrogen-bond donors (Lipinski definition) is 1. The Morgan fingerprint density at radius 3 is 2.09 bits per heavy atom. The van der Waals surface area contributed by atoms with Gasteiger partial charge in [-0.3, -0.25) is 9.78 Å². The van der Waals surface area contributed by atoms with E-state index in [-0.39, 0.29) is 49.6 Å². The largest absolute Gasteiger partial charge is 0.331 e. The average Bonchev–Trinajstić information content (AvgIpc) is 3.18. The molecule has 0 aliphatic carbocycles. The van der Waals surface area contributed by atoms with Crippen molar-refractivity contribution < 1.29 is 4.79 Å². The number of nitrogens with zero attached hydrogens (tertiary/aromatic N) is 4. The fourth-order valence-corrected chi connectivity index (χ4v) is 3.59. The lowest BCUT2D eigenvalue weighted by Crippen LogP contribution is -2.56. The molecule has 1 N–H and O–H groups in total. The first kappa shape index (κ1) is 24.8. The van der Waals surface area contributed by atoms with Crippen molar-refractivity contribution in [2.45, 2.75) is 6.92 Å². The molecule has 4 aromatic rings. The molecule has 0 atom stereocenters. The Hall–Kier alpha value is -3.35. The van der Waals surface area contributed by atoms with Crippen LogP contribution in [0.15, 0.2) is 36.2 Å². The summed E-state index contributed by atoms with van der Waals surface area (Å²) >= 11 is 0. The van der Waals surface area contributed by atoms with Gasteiger partial charge in [0, 0.05) is 24.2 Å². The summed E-state index contributed by atoms with van der Waals surface area (Å²) in [5, 5.41) is 3.36. The van der Waals surface area contributed by atoms with E-state index in [1.807, 2.05) is 24.6 Å². The Bertz CT molecular complexity index is 1520. The van der Waals surface area contributed by atoms with Crippen LogP contribution >= 0.6 is 0 Å². The van der Waals surface area contributed by atoms with E-state index in [0.29, 0.717) is 5.52 Å². The molecule has 0 aliphatic rings. The molecule has 0 fully saturated rings. The first-order valence-electron chi connectivity index (χ1n) is 10.3. The molecule has 14 radical (unpaired) electrons. The number of carbonyl (C=O) groups is 1. The Morgan fingerprint density at radius 2 is 1.49 bits per heavy atom. The zero-order chi connectivity index (χ0) is 25.6. The maximum absolute atomic E-state index is 12.8. The summed E-state index contributed by atoms with van der Waals surface area (Å²) in [7, 11) is 43.6. The number of aryl methyl sites for hydroxylation is 1. The summed E-state index contributed by atoms with van der Waals surface area (Å²) in [6.45, 7) is 1.91. The number of benzene rings is 1. The standard InChI is InChI=1S/C22H12B7N5O/c1-8-30-7-12(34(8)2)10-3-9-4-13(32-6-11(9)31-5-10)33-22(35)21(29)17(25)14-15(23)18(26)20(28)19(27)16(14)24/h3-7H,1-2H3,(H,32,33,35)/b21-17+. The van der Waals surface area contributed by atoms with Gasteiger partial charge in [-0.05, 0) is 30.1 Å². The van der Waals surface area contributed by atoms with Gasteiger partial charge < -0.3 is 9.88 Å². The van der Waals surface area contributed by atoms with Crippen molar-refractivity contribution in [1.29, 1.82) is 0 Å². The van der Waals surface area contributed by atoms with Crippen molar-refractivity contribution in [2.75, 3.05) is 5.32 Å². The molecule has 0 saturated carbocycles. The Balaban J connectivity index is 1.68. The highest BCUT2D eigenvalue weighted by atomic mass is 16.1. The minimum atomic E-state index is -0.728. The molecule has 4 rings (SSSR count). The van der Waals surface area contributed by atoms with Gasteiger partial charge in [0.15, 0.2) is 0 Å². The Labute approximate surface area is 212 Å². The quantitative estimate of drug-likeness (QED) is 0.272. The first-order chi connectivity index (χ1) is 16.5. The van der Waals surface area contributed by atoms with Crippen molar-refractivity contribution in [3.8, 4) is 11.3 Å². The predicted octanol–water partition coefficient (Wildman–Crippen LogP) is -3.05. The third-order valence-corrected chi connectivity index (χ3v) is 5.83. The predicted molar refractivity (Wildman–Crippen MR) is 147 cm³/mol. The number of rotatable bonds is 4. The highest BCUT2D eigenvalue weighted by Gasteiger charge is 2.16. The summed E-state index contributed by atoms with van der Waals surface area (Å²) in [5.74, 6) is 0.373. The molecule has 0 spiro atoms. The van der Waals surface area contributed by atoms with Crippen molar-refractivity contribution in [2.24, 2.45) is 7.05 Å². The molecule has 13 heteroatoms. The molecule has 152 valence electrons. The minimum absolute atomic E-state index is 0.00836. The average molecular weight is 438 g/mol. The van der Waals surface area contributed by atoms with E-state index in [9.17, 15) is 4.79 Å². The second kappa shape index (κ2) is 9.36.